The molecule has 1 aromatic carbocycles. The Hall–Kier alpha value is -0.780. The first-order valence-electron chi connectivity index (χ1n) is 5.03. The molecule has 0 heterocycles. The lowest BCUT2D eigenvalue weighted by atomic mass is 9.98. The molecule has 0 spiro atoms. The maximum atomic E-state index is 2.29. The van der Waals surface area contributed by atoms with Crippen LogP contribution in [-0.2, 0) is 12.8 Å². The van der Waals surface area contributed by atoms with Gasteiger partial charge in [0.1, 0.15) is 0 Å². The van der Waals surface area contributed by atoms with Crippen LogP contribution in [0.2, 0.25) is 0 Å². The zero-order chi connectivity index (χ0) is 8.23. The molecule has 2 aliphatic rings. The van der Waals surface area contributed by atoms with Crippen LogP contribution in [0, 0.1) is 0 Å². The lowest BCUT2D eigenvalue weighted by molar-refractivity contribution is 0.635. The van der Waals surface area contributed by atoms with Gasteiger partial charge in [0.2, 0.25) is 0 Å². The molecule has 0 radical (unpaired) electrons. The summed E-state index contributed by atoms with van der Waals surface area (Å²) < 4.78 is 0. The molecule has 0 aliphatic heterocycles. The van der Waals surface area contributed by atoms with Crippen LogP contribution < -0.4 is 0 Å². The van der Waals surface area contributed by atoms with Crippen LogP contribution in [-0.4, -0.2) is 0 Å². The second kappa shape index (κ2) is 3.75. The third kappa shape index (κ3) is 1.88. The van der Waals surface area contributed by atoms with Gasteiger partial charge in [-0.05, 0) is 36.8 Å². The minimum absolute atomic E-state index is 1.28. The molecular weight excluding hydrogens is 144 g/mol. The van der Waals surface area contributed by atoms with Crippen molar-refractivity contribution in [3.63, 3.8) is 0 Å². The fourth-order valence-corrected chi connectivity index (χ4v) is 1.88. The highest BCUT2D eigenvalue weighted by molar-refractivity contribution is 5.22. The van der Waals surface area contributed by atoms with Crippen molar-refractivity contribution in [2.45, 2.75) is 38.5 Å². The van der Waals surface area contributed by atoms with Crippen molar-refractivity contribution in [2.24, 2.45) is 0 Å². The van der Waals surface area contributed by atoms with Gasteiger partial charge in [0.05, 0.1) is 0 Å². The molecule has 1 aromatic rings. The normalized spacial score (nSPS) is 17.7. The van der Waals surface area contributed by atoms with Gasteiger partial charge in [-0.3, -0.25) is 0 Å². The topological polar surface area (TPSA) is 0 Å². The van der Waals surface area contributed by atoms with Crippen LogP contribution in [0.15, 0.2) is 24.3 Å². The van der Waals surface area contributed by atoms with Crippen LogP contribution in [0.25, 0.3) is 0 Å². The van der Waals surface area contributed by atoms with Crippen molar-refractivity contribution in [3.05, 3.63) is 35.4 Å². The van der Waals surface area contributed by atoms with E-state index in [9.17, 15) is 0 Å². The van der Waals surface area contributed by atoms with Gasteiger partial charge in [-0.2, -0.15) is 0 Å². The summed E-state index contributed by atoms with van der Waals surface area (Å²) in [6.45, 7) is 0. The van der Waals surface area contributed by atoms with E-state index < -0.39 is 0 Å². The second-order valence-corrected chi connectivity index (χ2v) is 3.73. The van der Waals surface area contributed by atoms with Gasteiger partial charge >= 0.3 is 0 Å². The molecule has 3 rings (SSSR count). The molecule has 0 unspecified atom stereocenters. The number of hydrogen-bond donors (Lipinski definition) is 0. The van der Waals surface area contributed by atoms with Crippen molar-refractivity contribution in [1.29, 1.82) is 0 Å². The van der Waals surface area contributed by atoms with E-state index in [4.69, 9.17) is 0 Å². The summed E-state index contributed by atoms with van der Waals surface area (Å²) in [6.07, 6.45) is 8.14. The zero-order valence-corrected chi connectivity index (χ0v) is 7.55. The van der Waals surface area contributed by atoms with Gasteiger partial charge in [-0.25, -0.2) is 0 Å². The Kier molecular flexibility index (Phi) is 2.45. The Bertz CT molecular complexity index is 206. The first-order chi connectivity index (χ1) is 5.95. The van der Waals surface area contributed by atoms with Crippen molar-refractivity contribution >= 4 is 0 Å². The number of hydrogen-bond acceptors (Lipinski definition) is 0. The van der Waals surface area contributed by atoms with Gasteiger partial charge in [-0.15, -0.1) is 0 Å². The highest BCUT2D eigenvalue weighted by atomic mass is 14.0. The predicted octanol–water partition coefficient (Wildman–Crippen LogP) is 3.35. The minimum atomic E-state index is 1.28. The van der Waals surface area contributed by atoms with Crippen LogP contribution in [0.1, 0.15) is 36.8 Å². The molecule has 0 N–H and O–H groups in total. The molecule has 0 nitrogen and oxygen atoms in total. The Balaban J connectivity index is 2.19. The Morgan fingerprint density at radius 2 is 1.00 bits per heavy atom. The molecule has 2 aliphatic carbocycles. The van der Waals surface area contributed by atoms with Crippen LogP contribution in [0.4, 0.5) is 0 Å². The number of benzene rings is 1. The van der Waals surface area contributed by atoms with E-state index in [2.05, 4.69) is 24.3 Å². The fraction of sp³-hybridized carbons (Fsp3) is 0.500. The molecular formula is C12H16. The van der Waals surface area contributed by atoms with Gasteiger partial charge in [-0.1, -0.05) is 37.1 Å². The fourth-order valence-electron chi connectivity index (χ4n) is 1.88. The SMILES string of the molecule is c1cc2ccc1CCCCCC2. The molecule has 0 amide bonds. The van der Waals surface area contributed by atoms with Gasteiger partial charge in [0.25, 0.3) is 0 Å². The lowest BCUT2D eigenvalue weighted by Gasteiger charge is -2.07. The van der Waals surface area contributed by atoms with Crippen molar-refractivity contribution < 1.29 is 0 Å². The van der Waals surface area contributed by atoms with Crippen molar-refractivity contribution in [1.82, 2.24) is 0 Å². The summed E-state index contributed by atoms with van der Waals surface area (Å²) in [4.78, 5) is 0. The zero-order valence-electron chi connectivity index (χ0n) is 7.55. The largest absolute Gasteiger partial charge is 0.0588 e. The van der Waals surface area contributed by atoms with E-state index >= 15 is 0 Å². The average Bonchev–Trinajstić information content (AvgIpc) is 2.16. The predicted molar refractivity (Wildman–Crippen MR) is 52.3 cm³/mol. The molecule has 0 atom stereocenters. The second-order valence-electron chi connectivity index (χ2n) is 3.73. The first-order valence-corrected chi connectivity index (χ1v) is 5.03. The van der Waals surface area contributed by atoms with E-state index in [1.807, 2.05) is 0 Å². The van der Waals surface area contributed by atoms with E-state index in [1.165, 1.54) is 49.7 Å². The maximum Gasteiger partial charge on any atom is -0.0279 e. The third-order valence-corrected chi connectivity index (χ3v) is 2.70. The highest BCUT2D eigenvalue weighted by Crippen LogP contribution is 2.15. The monoisotopic (exact) mass is 160 g/mol. The number of aryl methyl sites for hydroxylation is 2. The minimum Gasteiger partial charge on any atom is -0.0588 e. The van der Waals surface area contributed by atoms with E-state index in [1.54, 1.807) is 0 Å². The summed E-state index contributed by atoms with van der Waals surface area (Å²) >= 11 is 0. The van der Waals surface area contributed by atoms with Crippen LogP contribution >= 0.6 is 0 Å². The van der Waals surface area contributed by atoms with Gasteiger partial charge < -0.3 is 0 Å². The Morgan fingerprint density at radius 1 is 0.583 bits per heavy atom. The maximum absolute atomic E-state index is 2.29. The molecule has 0 heteroatoms. The van der Waals surface area contributed by atoms with E-state index in [-0.39, 0.29) is 0 Å². The Morgan fingerprint density at radius 3 is 1.42 bits per heavy atom. The van der Waals surface area contributed by atoms with Crippen molar-refractivity contribution in [2.75, 3.05) is 0 Å². The summed E-state index contributed by atoms with van der Waals surface area (Å²) in [6, 6.07) is 9.17. The summed E-state index contributed by atoms with van der Waals surface area (Å²) in [7, 11) is 0. The standard InChI is InChI=1S/C12H16/c1-2-4-6-12-9-7-11(5-3-1)8-10-12/h7-10H,1-6H2. The lowest BCUT2D eigenvalue weighted by Crippen LogP contribution is -1.92. The number of rotatable bonds is 0. The first kappa shape index (κ1) is 7.85. The smallest absolute Gasteiger partial charge is 0.0279 e. The molecule has 64 valence electrons. The van der Waals surface area contributed by atoms with Crippen LogP contribution in [0.3, 0.4) is 0 Å². The number of fused-ring (bicyclic) bond motifs is 7. The van der Waals surface area contributed by atoms with Gasteiger partial charge in [0, 0.05) is 0 Å². The summed E-state index contributed by atoms with van der Waals surface area (Å²) in [5, 5.41) is 0. The van der Waals surface area contributed by atoms with Crippen molar-refractivity contribution in [3.8, 4) is 0 Å². The quantitative estimate of drug-likeness (QED) is 0.546. The van der Waals surface area contributed by atoms with E-state index in [0.29, 0.717) is 0 Å². The molecule has 12 heavy (non-hydrogen) atoms. The van der Waals surface area contributed by atoms with Crippen LogP contribution in [0.5, 0.6) is 0 Å². The molecule has 2 bridgehead atoms. The average molecular weight is 160 g/mol. The Labute approximate surface area is 74.6 Å². The summed E-state index contributed by atoms with van der Waals surface area (Å²) in [5.41, 5.74) is 3.03. The molecule has 0 saturated carbocycles. The highest BCUT2D eigenvalue weighted by Gasteiger charge is 1.99. The van der Waals surface area contributed by atoms with Gasteiger partial charge in [0.15, 0.2) is 0 Å². The third-order valence-electron chi connectivity index (χ3n) is 2.70. The molecule has 0 saturated heterocycles. The van der Waals surface area contributed by atoms with E-state index in [0.717, 1.165) is 0 Å². The molecule has 0 fully saturated rings. The summed E-state index contributed by atoms with van der Waals surface area (Å²) in [5.74, 6) is 0. The molecule has 0 aromatic heterocycles.